The molecule has 0 bridgehead atoms. The number of nitriles is 1. The van der Waals surface area contributed by atoms with Gasteiger partial charge in [-0.25, -0.2) is 13.5 Å². The molecule has 0 aliphatic rings. The second kappa shape index (κ2) is 8.22. The lowest BCUT2D eigenvalue weighted by Gasteiger charge is -2.12. The van der Waals surface area contributed by atoms with Gasteiger partial charge in [0, 0.05) is 16.5 Å². The molecule has 0 amide bonds. The van der Waals surface area contributed by atoms with E-state index in [0.717, 1.165) is 18.2 Å². The van der Waals surface area contributed by atoms with E-state index in [4.69, 9.17) is 5.26 Å². The summed E-state index contributed by atoms with van der Waals surface area (Å²) in [6.07, 6.45) is -9.48. The van der Waals surface area contributed by atoms with E-state index >= 15 is 0 Å². The minimum atomic E-state index is -4.93. The Kier molecular flexibility index (Phi) is 6.00. The van der Waals surface area contributed by atoms with Gasteiger partial charge in [-0.05, 0) is 30.3 Å². The maximum absolute atomic E-state index is 14.2. The van der Waals surface area contributed by atoms with Crippen LogP contribution in [0.3, 0.4) is 0 Å². The lowest BCUT2D eigenvalue weighted by molar-refractivity contribution is -0.141. The molecule has 12 heteroatoms. The highest BCUT2D eigenvalue weighted by Crippen LogP contribution is 2.36. The first-order valence-corrected chi connectivity index (χ1v) is 9.24. The standard InChI is InChI=1S/C19H9F8N3S/c20-12-3-4-13(21)15(6-12)30-14(7-17(29-30)19(25,26)27)10-1-2-11(8-28)16(5-10)31-9-18(22,23)24/h1-7H,9H2. The van der Waals surface area contributed by atoms with Gasteiger partial charge >= 0.3 is 12.4 Å². The Labute approximate surface area is 173 Å². The lowest BCUT2D eigenvalue weighted by atomic mass is 10.1. The minimum Gasteiger partial charge on any atom is -0.229 e. The first-order chi connectivity index (χ1) is 14.4. The molecular weight excluding hydrogens is 454 g/mol. The molecule has 0 N–H and O–H groups in total. The molecular formula is C19H9F8N3S. The van der Waals surface area contributed by atoms with Crippen LogP contribution < -0.4 is 0 Å². The second-order valence-corrected chi connectivity index (χ2v) is 7.16. The van der Waals surface area contributed by atoms with Crippen LogP contribution in [-0.2, 0) is 6.18 Å². The van der Waals surface area contributed by atoms with Gasteiger partial charge in [0.25, 0.3) is 0 Å². The fourth-order valence-corrected chi connectivity index (χ4v) is 3.41. The van der Waals surface area contributed by atoms with E-state index in [1.165, 1.54) is 6.07 Å². The molecule has 0 aliphatic carbocycles. The molecule has 0 atom stereocenters. The summed E-state index contributed by atoms with van der Waals surface area (Å²) in [5.74, 6) is -3.34. The molecule has 3 aromatic rings. The van der Waals surface area contributed by atoms with Crippen molar-refractivity contribution in [3.63, 3.8) is 0 Å². The predicted octanol–water partition coefficient (Wildman–Crippen LogP) is 6.36. The minimum absolute atomic E-state index is 0.0738. The third kappa shape index (κ3) is 5.16. The topological polar surface area (TPSA) is 41.6 Å². The Morgan fingerprint density at radius 2 is 1.68 bits per heavy atom. The van der Waals surface area contributed by atoms with Crippen molar-refractivity contribution < 1.29 is 35.1 Å². The Bertz CT molecular complexity index is 1160. The first-order valence-electron chi connectivity index (χ1n) is 8.26. The summed E-state index contributed by atoms with van der Waals surface area (Å²) in [6.45, 7) is 0. The molecule has 0 unspecified atom stereocenters. The Morgan fingerprint density at radius 3 is 2.29 bits per heavy atom. The van der Waals surface area contributed by atoms with E-state index in [9.17, 15) is 35.1 Å². The van der Waals surface area contributed by atoms with E-state index in [-0.39, 0.29) is 33.5 Å². The molecule has 0 radical (unpaired) electrons. The maximum atomic E-state index is 14.2. The molecule has 3 rings (SSSR count). The summed E-state index contributed by atoms with van der Waals surface area (Å²) < 4.78 is 106. The van der Waals surface area contributed by atoms with Gasteiger partial charge in [-0.3, -0.25) is 0 Å². The van der Waals surface area contributed by atoms with Crippen LogP contribution >= 0.6 is 11.8 Å². The summed E-state index contributed by atoms with van der Waals surface area (Å²) in [5.41, 5.74) is -2.60. The largest absolute Gasteiger partial charge is 0.435 e. The van der Waals surface area contributed by atoms with Crippen molar-refractivity contribution >= 4 is 11.8 Å². The zero-order valence-corrected chi connectivity index (χ0v) is 15.8. The van der Waals surface area contributed by atoms with E-state index < -0.39 is 41.1 Å². The average molecular weight is 463 g/mol. The molecule has 2 aromatic carbocycles. The van der Waals surface area contributed by atoms with Gasteiger partial charge in [-0.1, -0.05) is 6.07 Å². The zero-order valence-electron chi connectivity index (χ0n) is 15.0. The Balaban J connectivity index is 2.19. The van der Waals surface area contributed by atoms with Crippen molar-refractivity contribution in [2.24, 2.45) is 0 Å². The summed E-state index contributed by atoms with van der Waals surface area (Å²) in [5, 5.41) is 12.4. The van der Waals surface area contributed by atoms with Gasteiger partial charge < -0.3 is 0 Å². The van der Waals surface area contributed by atoms with E-state index in [1.54, 1.807) is 6.07 Å². The SMILES string of the molecule is N#Cc1ccc(-c2cc(C(F)(F)F)nn2-c2cc(F)ccc2F)cc1SCC(F)(F)F. The molecule has 0 aliphatic heterocycles. The van der Waals surface area contributed by atoms with E-state index in [0.29, 0.717) is 22.9 Å². The van der Waals surface area contributed by atoms with Crippen molar-refractivity contribution in [1.29, 1.82) is 5.26 Å². The highest BCUT2D eigenvalue weighted by molar-refractivity contribution is 7.99. The maximum Gasteiger partial charge on any atom is 0.435 e. The zero-order chi connectivity index (χ0) is 23.0. The van der Waals surface area contributed by atoms with Gasteiger partial charge in [-0.15, -0.1) is 11.8 Å². The van der Waals surface area contributed by atoms with Crippen LogP contribution in [0.15, 0.2) is 47.4 Å². The lowest BCUT2D eigenvalue weighted by Crippen LogP contribution is -2.10. The van der Waals surface area contributed by atoms with Crippen LogP contribution in [0.1, 0.15) is 11.3 Å². The quantitative estimate of drug-likeness (QED) is 0.334. The highest BCUT2D eigenvalue weighted by atomic mass is 32.2. The fraction of sp³-hybridized carbons (Fsp3) is 0.158. The Hall–Kier alpha value is -3.07. The molecule has 31 heavy (non-hydrogen) atoms. The number of rotatable bonds is 4. The van der Waals surface area contributed by atoms with Gasteiger partial charge in [-0.2, -0.15) is 36.7 Å². The van der Waals surface area contributed by atoms with Crippen molar-refractivity contribution in [2.45, 2.75) is 17.2 Å². The van der Waals surface area contributed by atoms with Crippen LogP contribution in [0, 0.1) is 23.0 Å². The summed E-state index contributed by atoms with van der Waals surface area (Å²) >= 11 is 0.274. The molecule has 1 aromatic heterocycles. The molecule has 0 spiro atoms. The smallest absolute Gasteiger partial charge is 0.229 e. The number of halogens is 8. The van der Waals surface area contributed by atoms with Crippen LogP contribution in [0.2, 0.25) is 0 Å². The number of thioether (sulfide) groups is 1. The number of benzene rings is 2. The van der Waals surface area contributed by atoms with Gasteiger partial charge in [0.2, 0.25) is 0 Å². The van der Waals surface area contributed by atoms with Crippen molar-refractivity contribution in [2.75, 3.05) is 5.75 Å². The average Bonchev–Trinajstić information content (AvgIpc) is 3.13. The van der Waals surface area contributed by atoms with Crippen LogP contribution in [-0.4, -0.2) is 21.7 Å². The first kappa shape index (κ1) is 22.6. The van der Waals surface area contributed by atoms with Crippen molar-refractivity contribution in [3.05, 3.63) is 65.4 Å². The second-order valence-electron chi connectivity index (χ2n) is 6.15. The predicted molar refractivity (Wildman–Crippen MR) is 95.4 cm³/mol. The molecule has 0 saturated heterocycles. The number of alkyl halides is 6. The third-order valence-corrected chi connectivity index (χ3v) is 5.05. The van der Waals surface area contributed by atoms with Gasteiger partial charge in [0.15, 0.2) is 5.69 Å². The van der Waals surface area contributed by atoms with Crippen LogP contribution in [0.5, 0.6) is 0 Å². The summed E-state index contributed by atoms with van der Waals surface area (Å²) in [6, 6.07) is 7.74. The summed E-state index contributed by atoms with van der Waals surface area (Å²) in [7, 11) is 0. The number of hydrogen-bond donors (Lipinski definition) is 0. The van der Waals surface area contributed by atoms with Crippen LogP contribution in [0.4, 0.5) is 35.1 Å². The molecule has 162 valence electrons. The molecule has 1 heterocycles. The highest BCUT2D eigenvalue weighted by Gasteiger charge is 2.36. The van der Waals surface area contributed by atoms with Crippen LogP contribution in [0.25, 0.3) is 16.9 Å². The van der Waals surface area contributed by atoms with Gasteiger partial charge in [0.05, 0.1) is 17.0 Å². The third-order valence-electron chi connectivity index (χ3n) is 3.93. The fourth-order valence-electron chi connectivity index (χ4n) is 2.61. The summed E-state index contributed by atoms with van der Waals surface area (Å²) in [4.78, 5) is -0.140. The molecule has 3 nitrogen and oxygen atoms in total. The number of nitrogens with zero attached hydrogens (tertiary/aromatic N) is 3. The molecule has 0 fully saturated rings. The normalized spacial score (nSPS) is 12.1. The molecule has 0 saturated carbocycles. The number of hydrogen-bond acceptors (Lipinski definition) is 3. The van der Waals surface area contributed by atoms with Crippen molar-refractivity contribution in [3.8, 4) is 23.0 Å². The number of aromatic nitrogens is 2. The van der Waals surface area contributed by atoms with E-state index in [1.807, 2.05) is 0 Å². The monoisotopic (exact) mass is 463 g/mol. The Morgan fingerprint density at radius 1 is 0.968 bits per heavy atom. The van der Waals surface area contributed by atoms with E-state index in [2.05, 4.69) is 5.10 Å². The van der Waals surface area contributed by atoms with Crippen molar-refractivity contribution in [1.82, 2.24) is 9.78 Å². The van der Waals surface area contributed by atoms with Gasteiger partial charge in [0.1, 0.15) is 23.4 Å².